The highest BCUT2D eigenvalue weighted by atomic mass is 16.6. The fourth-order valence-corrected chi connectivity index (χ4v) is 3.85. The fourth-order valence-electron chi connectivity index (χ4n) is 3.85. The lowest BCUT2D eigenvalue weighted by molar-refractivity contribution is -0.386. The van der Waals surface area contributed by atoms with Crippen LogP contribution in [0.3, 0.4) is 0 Å². The van der Waals surface area contributed by atoms with E-state index in [1.807, 2.05) is 11.0 Å². The van der Waals surface area contributed by atoms with E-state index in [1.165, 1.54) is 0 Å². The van der Waals surface area contributed by atoms with Crippen LogP contribution in [0.2, 0.25) is 0 Å². The maximum Gasteiger partial charge on any atom is 0.417 e. The molecule has 0 amide bonds. The minimum atomic E-state index is -0.876. The van der Waals surface area contributed by atoms with Gasteiger partial charge in [-0.25, -0.2) is 4.79 Å². The molecule has 0 saturated carbocycles. The number of rotatable bonds is 2. The third kappa shape index (κ3) is 2.19. The molecule has 2 aliphatic rings. The van der Waals surface area contributed by atoms with E-state index in [0.29, 0.717) is 16.7 Å². The van der Waals surface area contributed by atoms with E-state index < -0.39 is 16.2 Å². The van der Waals surface area contributed by atoms with Crippen LogP contribution >= 0.6 is 0 Å². The Kier molecular flexibility index (Phi) is 3.30. The number of benzene rings is 1. The van der Waals surface area contributed by atoms with Gasteiger partial charge >= 0.3 is 11.3 Å². The average molecular weight is 315 g/mol. The van der Waals surface area contributed by atoms with Crippen LogP contribution in [-0.2, 0) is 0 Å². The van der Waals surface area contributed by atoms with Gasteiger partial charge in [-0.3, -0.25) is 15.0 Å². The molecule has 0 spiro atoms. The fraction of sp³-hybridized carbons (Fsp3) is 0.438. The van der Waals surface area contributed by atoms with E-state index in [0.717, 1.165) is 38.9 Å². The molecular weight excluding hydrogens is 298 g/mol. The molecule has 2 aliphatic heterocycles. The molecule has 0 radical (unpaired) electrons. The van der Waals surface area contributed by atoms with E-state index in [1.54, 1.807) is 18.2 Å². The zero-order chi connectivity index (χ0) is 16.0. The van der Waals surface area contributed by atoms with Gasteiger partial charge in [-0.15, -0.1) is 0 Å². The topological polar surface area (TPSA) is 79.8 Å². The molecule has 1 aromatic heterocycles. The monoisotopic (exact) mass is 315 g/mol. The Labute approximate surface area is 132 Å². The number of nitro groups is 1. The van der Waals surface area contributed by atoms with Crippen LogP contribution in [-0.4, -0.2) is 35.6 Å². The van der Waals surface area contributed by atoms with E-state index in [9.17, 15) is 14.9 Å². The summed E-state index contributed by atoms with van der Waals surface area (Å²) in [5.41, 5.74) is -0.511. The summed E-state index contributed by atoms with van der Waals surface area (Å²) >= 11 is 0. The largest absolute Gasteiger partial charge is 0.418 e. The Morgan fingerprint density at radius 3 is 2.78 bits per heavy atom. The summed E-state index contributed by atoms with van der Waals surface area (Å²) in [5, 5.41) is 12.2. The van der Waals surface area contributed by atoms with Gasteiger partial charge in [0, 0.05) is 25.0 Å². The quantitative estimate of drug-likeness (QED) is 0.481. The summed E-state index contributed by atoms with van der Waals surface area (Å²) in [5.74, 6) is 0. The van der Waals surface area contributed by atoms with Crippen LogP contribution in [0.5, 0.6) is 0 Å². The van der Waals surface area contributed by atoms with Gasteiger partial charge in [0.1, 0.15) is 11.3 Å². The molecule has 23 heavy (non-hydrogen) atoms. The first kappa shape index (κ1) is 14.2. The van der Waals surface area contributed by atoms with E-state index >= 15 is 0 Å². The number of anilines is 1. The van der Waals surface area contributed by atoms with Crippen molar-refractivity contribution in [3.8, 4) is 0 Å². The van der Waals surface area contributed by atoms with Crippen molar-refractivity contribution in [2.75, 3.05) is 24.5 Å². The van der Waals surface area contributed by atoms with Gasteiger partial charge in [0.2, 0.25) is 0 Å². The van der Waals surface area contributed by atoms with Crippen LogP contribution < -0.4 is 10.5 Å². The summed E-state index contributed by atoms with van der Waals surface area (Å²) < 4.78 is 5.16. The zero-order valence-corrected chi connectivity index (χ0v) is 12.6. The molecule has 0 N–H and O–H groups in total. The Balaban J connectivity index is 1.98. The predicted molar refractivity (Wildman–Crippen MR) is 85.7 cm³/mol. The minimum Gasteiger partial charge on any atom is -0.418 e. The van der Waals surface area contributed by atoms with Gasteiger partial charge < -0.3 is 9.32 Å². The molecule has 3 heterocycles. The van der Waals surface area contributed by atoms with Crippen LogP contribution in [0.1, 0.15) is 19.3 Å². The summed E-state index contributed by atoms with van der Waals surface area (Å²) in [4.78, 5) is 27.5. The van der Waals surface area contributed by atoms with Gasteiger partial charge in [-0.1, -0.05) is 12.1 Å². The van der Waals surface area contributed by atoms with Crippen LogP contribution in [0.4, 0.5) is 11.4 Å². The molecular formula is C16H17N3O4. The van der Waals surface area contributed by atoms with E-state index in [-0.39, 0.29) is 6.17 Å². The van der Waals surface area contributed by atoms with Crippen molar-refractivity contribution in [1.82, 2.24) is 4.90 Å². The summed E-state index contributed by atoms with van der Waals surface area (Å²) in [6.45, 7) is 2.73. The Morgan fingerprint density at radius 1 is 1.17 bits per heavy atom. The SMILES string of the molecule is O=c1oc2ccccc2c(N2CCCN3CCCC32)c1[N+](=O)[O-]. The normalized spacial score (nSPS) is 21.6. The van der Waals surface area contributed by atoms with Gasteiger partial charge in [-0.2, -0.15) is 0 Å². The molecule has 4 rings (SSSR count). The minimum absolute atomic E-state index is 0.132. The third-order valence-corrected chi connectivity index (χ3v) is 4.77. The molecule has 1 unspecified atom stereocenters. The van der Waals surface area contributed by atoms with Gasteiger partial charge in [0.15, 0.2) is 0 Å². The number of nitrogens with zero attached hydrogens (tertiary/aromatic N) is 3. The highest BCUT2D eigenvalue weighted by molar-refractivity contribution is 5.95. The molecule has 1 atom stereocenters. The first-order chi connectivity index (χ1) is 11.2. The number of hydrogen-bond acceptors (Lipinski definition) is 6. The van der Waals surface area contributed by atoms with Crippen molar-refractivity contribution in [1.29, 1.82) is 0 Å². The lowest BCUT2D eigenvalue weighted by Crippen LogP contribution is -2.51. The van der Waals surface area contributed by atoms with Crippen molar-refractivity contribution in [3.63, 3.8) is 0 Å². The maximum absolute atomic E-state index is 12.2. The van der Waals surface area contributed by atoms with Crippen LogP contribution in [0.15, 0.2) is 33.5 Å². The lowest BCUT2D eigenvalue weighted by Gasteiger charge is -2.41. The molecule has 2 aromatic rings. The molecule has 2 saturated heterocycles. The number of para-hydroxylation sites is 1. The summed E-state index contributed by atoms with van der Waals surface area (Å²) in [6.07, 6.45) is 3.11. The number of fused-ring (bicyclic) bond motifs is 2. The van der Waals surface area contributed by atoms with Crippen molar-refractivity contribution in [3.05, 3.63) is 44.8 Å². The van der Waals surface area contributed by atoms with Gasteiger partial charge in [-0.05, 0) is 31.4 Å². The Morgan fingerprint density at radius 2 is 1.96 bits per heavy atom. The maximum atomic E-state index is 12.2. The van der Waals surface area contributed by atoms with Crippen molar-refractivity contribution in [2.24, 2.45) is 0 Å². The standard InChI is InChI=1S/C16H17N3O4/c20-16-15(19(21)22)14(11-5-1-2-6-12(11)23-16)18-10-4-9-17-8-3-7-13(17)18/h1-2,5-6,13H,3-4,7-10H2. The van der Waals surface area contributed by atoms with Crippen LogP contribution in [0.25, 0.3) is 11.0 Å². The second-order valence-electron chi connectivity index (χ2n) is 6.05. The summed E-state index contributed by atoms with van der Waals surface area (Å²) in [7, 11) is 0. The zero-order valence-electron chi connectivity index (χ0n) is 12.6. The molecule has 0 aliphatic carbocycles. The lowest BCUT2D eigenvalue weighted by atomic mass is 10.1. The second-order valence-corrected chi connectivity index (χ2v) is 6.05. The highest BCUT2D eigenvalue weighted by Crippen LogP contribution is 2.38. The first-order valence-electron chi connectivity index (χ1n) is 7.88. The molecule has 1 aromatic carbocycles. The first-order valence-corrected chi connectivity index (χ1v) is 7.88. The van der Waals surface area contributed by atoms with E-state index in [2.05, 4.69) is 4.90 Å². The average Bonchev–Trinajstić information content (AvgIpc) is 3.01. The molecule has 2 fully saturated rings. The highest BCUT2D eigenvalue weighted by Gasteiger charge is 2.38. The van der Waals surface area contributed by atoms with Crippen molar-refractivity contribution >= 4 is 22.3 Å². The third-order valence-electron chi connectivity index (χ3n) is 4.77. The second kappa shape index (κ2) is 5.34. The Bertz CT molecular complexity index is 832. The molecule has 0 bridgehead atoms. The summed E-state index contributed by atoms with van der Waals surface area (Å²) in [6, 6.07) is 7.04. The molecule has 7 heteroatoms. The smallest absolute Gasteiger partial charge is 0.417 e. The Hall–Kier alpha value is -2.41. The van der Waals surface area contributed by atoms with Crippen molar-refractivity contribution in [2.45, 2.75) is 25.4 Å². The van der Waals surface area contributed by atoms with Crippen molar-refractivity contribution < 1.29 is 9.34 Å². The van der Waals surface area contributed by atoms with Crippen LogP contribution in [0, 0.1) is 10.1 Å². The molecule has 7 nitrogen and oxygen atoms in total. The molecule has 120 valence electrons. The predicted octanol–water partition coefficient (Wildman–Crippen LogP) is 2.33. The van der Waals surface area contributed by atoms with Gasteiger partial charge in [0.05, 0.1) is 11.1 Å². The van der Waals surface area contributed by atoms with Gasteiger partial charge in [0.25, 0.3) is 0 Å². The number of hydrogen-bond donors (Lipinski definition) is 0. The van der Waals surface area contributed by atoms with E-state index in [4.69, 9.17) is 4.42 Å².